The van der Waals surface area contributed by atoms with E-state index in [1.54, 1.807) is 0 Å². The molecule has 1 unspecified atom stereocenters. The lowest BCUT2D eigenvalue weighted by molar-refractivity contribution is -0.387. The Morgan fingerprint density at radius 1 is 1.62 bits per heavy atom. The molecule has 0 aromatic heterocycles. The number of nitro benzene ring substituents is 1. The minimum atomic E-state index is -0.596. The molecule has 0 saturated carbocycles. The van der Waals surface area contributed by atoms with Crippen molar-refractivity contribution in [3.8, 4) is 0 Å². The molecular formula is C10H11ClFNO2S. The van der Waals surface area contributed by atoms with E-state index in [1.807, 2.05) is 6.92 Å². The van der Waals surface area contributed by atoms with E-state index < -0.39 is 10.7 Å². The molecule has 1 atom stereocenters. The predicted molar refractivity (Wildman–Crippen MR) is 63.7 cm³/mol. The van der Waals surface area contributed by atoms with Crippen molar-refractivity contribution in [2.24, 2.45) is 5.92 Å². The molecule has 88 valence electrons. The number of hydrogen-bond acceptors (Lipinski definition) is 3. The topological polar surface area (TPSA) is 43.1 Å². The van der Waals surface area contributed by atoms with Crippen molar-refractivity contribution in [2.45, 2.75) is 11.8 Å². The van der Waals surface area contributed by atoms with Crippen LogP contribution < -0.4 is 0 Å². The normalized spacial score (nSPS) is 12.4. The Morgan fingerprint density at radius 2 is 2.31 bits per heavy atom. The van der Waals surface area contributed by atoms with Gasteiger partial charge in [0.05, 0.1) is 15.9 Å². The van der Waals surface area contributed by atoms with Gasteiger partial charge in [0.25, 0.3) is 5.69 Å². The first-order chi connectivity index (χ1) is 7.54. The van der Waals surface area contributed by atoms with Gasteiger partial charge in [-0.1, -0.05) is 6.92 Å². The summed E-state index contributed by atoms with van der Waals surface area (Å²) in [6.07, 6.45) is 0. The van der Waals surface area contributed by atoms with Gasteiger partial charge in [-0.3, -0.25) is 10.1 Å². The van der Waals surface area contributed by atoms with Crippen molar-refractivity contribution < 1.29 is 9.31 Å². The standard InChI is InChI=1S/C10H11ClFNO2S/c1-7(5-11)6-16-10-3-2-8(12)4-9(10)13(14)15/h2-4,7H,5-6H2,1H3. The van der Waals surface area contributed by atoms with E-state index in [9.17, 15) is 14.5 Å². The van der Waals surface area contributed by atoms with E-state index >= 15 is 0 Å². The average Bonchev–Trinajstić information content (AvgIpc) is 2.26. The predicted octanol–water partition coefficient (Wildman–Crippen LogP) is 3.70. The molecule has 6 heteroatoms. The zero-order chi connectivity index (χ0) is 12.1. The number of rotatable bonds is 5. The third-order valence-corrected chi connectivity index (χ3v) is 3.82. The van der Waals surface area contributed by atoms with Crippen LogP contribution in [0.4, 0.5) is 10.1 Å². The monoisotopic (exact) mass is 263 g/mol. The van der Waals surface area contributed by atoms with Crippen molar-refractivity contribution >= 4 is 29.1 Å². The molecule has 1 aromatic rings. The lowest BCUT2D eigenvalue weighted by Crippen LogP contribution is -2.00. The summed E-state index contributed by atoms with van der Waals surface area (Å²) in [7, 11) is 0. The maximum absolute atomic E-state index is 12.8. The van der Waals surface area contributed by atoms with Gasteiger partial charge in [-0.15, -0.1) is 23.4 Å². The first-order valence-corrected chi connectivity index (χ1v) is 6.19. The molecule has 1 aromatic carbocycles. The van der Waals surface area contributed by atoms with Crippen LogP contribution in [0.15, 0.2) is 23.1 Å². The molecular weight excluding hydrogens is 253 g/mol. The Morgan fingerprint density at radius 3 is 2.88 bits per heavy atom. The molecule has 0 spiro atoms. The number of benzene rings is 1. The summed E-state index contributed by atoms with van der Waals surface area (Å²) in [5.74, 6) is 0.843. The summed E-state index contributed by atoms with van der Waals surface area (Å²) in [5, 5.41) is 10.7. The lowest BCUT2D eigenvalue weighted by atomic mass is 10.3. The number of alkyl halides is 1. The summed E-state index contributed by atoms with van der Waals surface area (Å²) >= 11 is 6.96. The SMILES string of the molecule is CC(CCl)CSc1ccc(F)cc1[N+](=O)[O-]. The van der Waals surface area contributed by atoms with Crippen molar-refractivity contribution in [2.75, 3.05) is 11.6 Å². The van der Waals surface area contributed by atoms with Crippen LogP contribution in [0, 0.1) is 21.8 Å². The van der Waals surface area contributed by atoms with E-state index in [4.69, 9.17) is 11.6 Å². The van der Waals surface area contributed by atoms with Gasteiger partial charge in [-0.2, -0.15) is 0 Å². The first kappa shape index (κ1) is 13.3. The number of nitrogens with zero attached hydrogens (tertiary/aromatic N) is 1. The number of halogens is 2. The van der Waals surface area contributed by atoms with Gasteiger partial charge in [-0.05, 0) is 18.1 Å². The highest BCUT2D eigenvalue weighted by Gasteiger charge is 2.15. The van der Waals surface area contributed by atoms with E-state index in [0.29, 0.717) is 16.5 Å². The van der Waals surface area contributed by atoms with Gasteiger partial charge < -0.3 is 0 Å². The highest BCUT2D eigenvalue weighted by Crippen LogP contribution is 2.31. The van der Waals surface area contributed by atoms with Crippen LogP contribution in [-0.4, -0.2) is 16.6 Å². The minimum absolute atomic E-state index is 0.188. The van der Waals surface area contributed by atoms with Crippen LogP contribution in [0.3, 0.4) is 0 Å². The van der Waals surface area contributed by atoms with Gasteiger partial charge in [0.15, 0.2) is 0 Å². The summed E-state index contributed by atoms with van der Waals surface area (Å²) in [4.78, 5) is 10.6. The number of thioether (sulfide) groups is 1. The van der Waals surface area contributed by atoms with Crippen molar-refractivity contribution in [3.63, 3.8) is 0 Å². The molecule has 1 rings (SSSR count). The summed E-state index contributed by atoms with van der Waals surface area (Å²) < 4.78 is 12.8. The van der Waals surface area contributed by atoms with Crippen LogP contribution >= 0.6 is 23.4 Å². The third kappa shape index (κ3) is 3.64. The Bertz CT molecular complexity index is 389. The Balaban J connectivity index is 2.82. The smallest absolute Gasteiger partial charge is 0.258 e. The van der Waals surface area contributed by atoms with Crippen LogP contribution in [0.1, 0.15) is 6.92 Å². The molecule has 0 aliphatic heterocycles. The van der Waals surface area contributed by atoms with Gasteiger partial charge in [-0.25, -0.2) is 4.39 Å². The van der Waals surface area contributed by atoms with E-state index in [0.717, 1.165) is 6.07 Å². The Hall–Kier alpha value is -0.810. The zero-order valence-corrected chi connectivity index (χ0v) is 10.2. The molecule has 0 aliphatic carbocycles. The van der Waals surface area contributed by atoms with Crippen LogP contribution in [0.2, 0.25) is 0 Å². The van der Waals surface area contributed by atoms with Gasteiger partial charge in [0.1, 0.15) is 5.82 Å². The summed E-state index contributed by atoms with van der Waals surface area (Å²) in [5.41, 5.74) is -0.188. The van der Waals surface area contributed by atoms with Crippen LogP contribution in [0.5, 0.6) is 0 Å². The van der Waals surface area contributed by atoms with Gasteiger partial charge >= 0.3 is 0 Å². The number of hydrogen-bond donors (Lipinski definition) is 0. The van der Waals surface area contributed by atoms with Crippen LogP contribution in [-0.2, 0) is 0 Å². The van der Waals surface area contributed by atoms with Gasteiger partial charge in [0, 0.05) is 11.6 Å². The fraction of sp³-hybridized carbons (Fsp3) is 0.400. The fourth-order valence-electron chi connectivity index (χ4n) is 1.03. The minimum Gasteiger partial charge on any atom is -0.258 e. The molecule has 0 heterocycles. The molecule has 0 fully saturated rings. The Kier molecular flexibility index (Phi) is 5.02. The fourth-order valence-corrected chi connectivity index (χ4v) is 2.30. The zero-order valence-electron chi connectivity index (χ0n) is 8.65. The second-order valence-corrected chi connectivity index (χ2v) is 4.81. The summed E-state index contributed by atoms with van der Waals surface area (Å²) in [6.45, 7) is 1.95. The summed E-state index contributed by atoms with van der Waals surface area (Å²) in [6, 6.07) is 3.59. The van der Waals surface area contributed by atoms with Crippen molar-refractivity contribution in [3.05, 3.63) is 34.1 Å². The van der Waals surface area contributed by atoms with Crippen LogP contribution in [0.25, 0.3) is 0 Å². The van der Waals surface area contributed by atoms with Gasteiger partial charge in [0.2, 0.25) is 0 Å². The lowest BCUT2D eigenvalue weighted by Gasteiger charge is -2.07. The van der Waals surface area contributed by atoms with Crippen molar-refractivity contribution in [1.82, 2.24) is 0 Å². The molecule has 0 saturated heterocycles. The molecule has 3 nitrogen and oxygen atoms in total. The van der Waals surface area contributed by atoms with E-state index in [1.165, 1.54) is 23.9 Å². The largest absolute Gasteiger partial charge is 0.285 e. The second kappa shape index (κ2) is 6.06. The number of nitro groups is 1. The first-order valence-electron chi connectivity index (χ1n) is 4.67. The molecule has 0 amide bonds. The maximum Gasteiger partial charge on any atom is 0.285 e. The third-order valence-electron chi connectivity index (χ3n) is 1.90. The Labute approximate surface area is 102 Å². The molecule has 16 heavy (non-hydrogen) atoms. The molecule has 0 radical (unpaired) electrons. The van der Waals surface area contributed by atoms with Crippen molar-refractivity contribution in [1.29, 1.82) is 0 Å². The van der Waals surface area contributed by atoms with E-state index in [-0.39, 0.29) is 11.6 Å². The molecule has 0 aliphatic rings. The van der Waals surface area contributed by atoms with E-state index in [2.05, 4.69) is 0 Å². The maximum atomic E-state index is 12.8. The molecule has 0 N–H and O–H groups in total. The highest BCUT2D eigenvalue weighted by molar-refractivity contribution is 7.99. The highest BCUT2D eigenvalue weighted by atomic mass is 35.5. The quantitative estimate of drug-likeness (QED) is 0.352. The molecule has 0 bridgehead atoms. The average molecular weight is 264 g/mol. The second-order valence-electron chi connectivity index (χ2n) is 3.44.